The topological polar surface area (TPSA) is 60.4 Å². The fraction of sp³-hybridized carbons (Fsp3) is 1.00. The van der Waals surface area contributed by atoms with E-state index in [-0.39, 0.29) is 0 Å². The van der Waals surface area contributed by atoms with Crippen molar-refractivity contribution in [1.29, 1.82) is 0 Å². The van der Waals surface area contributed by atoms with E-state index in [1.54, 1.807) is 0 Å². The van der Waals surface area contributed by atoms with Gasteiger partial charge in [0.2, 0.25) is 0 Å². The SMILES string of the molecule is CCCCCCO.[O]O. The predicted molar refractivity (Wildman–Crippen MR) is 34.5 cm³/mol. The van der Waals surface area contributed by atoms with Crippen LogP contribution >= 0.6 is 0 Å². The van der Waals surface area contributed by atoms with Crippen LogP contribution in [0.2, 0.25) is 0 Å². The van der Waals surface area contributed by atoms with Crippen LogP contribution in [-0.4, -0.2) is 17.0 Å². The summed E-state index contributed by atoms with van der Waals surface area (Å²) in [5.74, 6) is 0. The molecular formula is C6H15O3. The van der Waals surface area contributed by atoms with Crippen LogP contribution in [-0.2, 0) is 5.26 Å². The summed E-state index contributed by atoms with van der Waals surface area (Å²) in [6, 6.07) is 0. The normalized spacial score (nSPS) is 8.00. The highest BCUT2D eigenvalue weighted by Gasteiger charge is 1.80. The minimum atomic E-state index is 0.361. The van der Waals surface area contributed by atoms with Gasteiger partial charge in [-0.15, -0.1) is 0 Å². The van der Waals surface area contributed by atoms with Gasteiger partial charge in [0.25, 0.3) is 0 Å². The van der Waals surface area contributed by atoms with Gasteiger partial charge in [-0.2, -0.15) is 0 Å². The van der Waals surface area contributed by atoms with Gasteiger partial charge in [0.05, 0.1) is 0 Å². The Morgan fingerprint density at radius 3 is 2.00 bits per heavy atom. The Kier molecular flexibility index (Phi) is 20.3. The number of hydrogen-bond acceptors (Lipinski definition) is 2. The van der Waals surface area contributed by atoms with Gasteiger partial charge in [-0.1, -0.05) is 26.2 Å². The summed E-state index contributed by atoms with van der Waals surface area (Å²) in [6.45, 7) is 2.53. The summed E-state index contributed by atoms with van der Waals surface area (Å²) in [5.41, 5.74) is 0. The Morgan fingerprint density at radius 1 is 1.11 bits per heavy atom. The number of aliphatic hydroxyl groups excluding tert-OH is 1. The van der Waals surface area contributed by atoms with Gasteiger partial charge in [0.15, 0.2) is 0 Å². The summed E-state index contributed by atoms with van der Waals surface area (Å²) < 4.78 is 0. The fourth-order valence-corrected chi connectivity index (χ4v) is 0.539. The number of unbranched alkanes of at least 4 members (excludes halogenated alkanes) is 3. The molecule has 0 spiro atoms. The maximum Gasteiger partial charge on any atom is 0.0431 e. The molecule has 0 bridgehead atoms. The molecule has 0 atom stereocenters. The van der Waals surface area contributed by atoms with E-state index in [4.69, 9.17) is 15.6 Å². The van der Waals surface area contributed by atoms with Crippen LogP contribution in [0.25, 0.3) is 0 Å². The van der Waals surface area contributed by atoms with Crippen molar-refractivity contribution in [3.05, 3.63) is 0 Å². The van der Waals surface area contributed by atoms with E-state index in [0.717, 1.165) is 6.42 Å². The van der Waals surface area contributed by atoms with E-state index < -0.39 is 0 Å². The number of aliphatic hydroxyl groups is 1. The first kappa shape index (κ1) is 11.6. The van der Waals surface area contributed by atoms with E-state index in [0.29, 0.717) is 6.61 Å². The monoisotopic (exact) mass is 135 g/mol. The molecule has 0 aliphatic rings. The molecule has 0 saturated carbocycles. The van der Waals surface area contributed by atoms with Crippen LogP contribution in [0.1, 0.15) is 32.6 Å². The third-order valence-corrected chi connectivity index (χ3v) is 1.01. The molecule has 0 aromatic heterocycles. The van der Waals surface area contributed by atoms with Crippen LogP contribution in [0.4, 0.5) is 0 Å². The summed E-state index contributed by atoms with van der Waals surface area (Å²) in [4.78, 5) is 0. The van der Waals surface area contributed by atoms with Crippen LogP contribution < -0.4 is 0 Å². The third kappa shape index (κ3) is 18.1. The second-order valence-electron chi connectivity index (χ2n) is 1.78. The molecule has 0 aromatic carbocycles. The molecule has 2 N–H and O–H groups in total. The first-order valence-electron chi connectivity index (χ1n) is 3.21. The minimum absolute atomic E-state index is 0.361. The standard InChI is InChI=1S/C6H14O.HO2/c1-2-3-4-5-6-7;1-2/h7H,2-6H2,1H3;1H. The lowest BCUT2D eigenvalue weighted by Gasteiger charge is -1.90. The van der Waals surface area contributed by atoms with Crippen LogP contribution in [0.15, 0.2) is 0 Å². The Bertz CT molecular complexity index is 27.5. The molecule has 0 fully saturated rings. The Morgan fingerprint density at radius 2 is 1.67 bits per heavy atom. The number of hydrogen-bond donors (Lipinski definition) is 2. The number of rotatable bonds is 4. The van der Waals surface area contributed by atoms with Crippen molar-refractivity contribution in [1.82, 2.24) is 0 Å². The first-order chi connectivity index (χ1) is 4.41. The van der Waals surface area contributed by atoms with E-state index in [1.807, 2.05) is 0 Å². The van der Waals surface area contributed by atoms with Gasteiger partial charge in [0, 0.05) is 6.61 Å². The van der Waals surface area contributed by atoms with Crippen molar-refractivity contribution in [3.63, 3.8) is 0 Å². The summed E-state index contributed by atoms with van der Waals surface area (Å²) in [7, 11) is 0. The van der Waals surface area contributed by atoms with Crippen LogP contribution in [0.5, 0.6) is 0 Å². The van der Waals surface area contributed by atoms with Gasteiger partial charge in [-0.25, -0.2) is 5.26 Å². The van der Waals surface area contributed by atoms with Crippen molar-refractivity contribution in [2.24, 2.45) is 0 Å². The molecule has 1 radical (unpaired) electrons. The molecule has 0 aliphatic heterocycles. The van der Waals surface area contributed by atoms with Crippen molar-refractivity contribution >= 4 is 0 Å². The summed E-state index contributed by atoms with van der Waals surface area (Å²) >= 11 is 0. The lowest BCUT2D eigenvalue weighted by Crippen LogP contribution is -1.80. The fourth-order valence-electron chi connectivity index (χ4n) is 0.539. The lowest BCUT2D eigenvalue weighted by atomic mass is 10.2. The van der Waals surface area contributed by atoms with Gasteiger partial charge in [-0.05, 0) is 11.7 Å². The molecule has 0 amide bonds. The average Bonchev–Trinajstić information content (AvgIpc) is 1.94. The van der Waals surface area contributed by atoms with Crippen molar-refractivity contribution in [2.45, 2.75) is 32.6 Å². The molecule has 0 unspecified atom stereocenters. The van der Waals surface area contributed by atoms with E-state index >= 15 is 0 Å². The molecule has 0 saturated heterocycles. The first-order valence-corrected chi connectivity index (χ1v) is 3.21. The van der Waals surface area contributed by atoms with Crippen molar-refractivity contribution in [3.8, 4) is 0 Å². The molecule has 0 aliphatic carbocycles. The predicted octanol–water partition coefficient (Wildman–Crippen LogP) is 1.45. The summed E-state index contributed by atoms with van der Waals surface area (Å²) in [6.07, 6.45) is 4.68. The zero-order chi connectivity index (χ0) is 7.54. The molecule has 3 nitrogen and oxygen atoms in total. The largest absolute Gasteiger partial charge is 0.396 e. The lowest BCUT2D eigenvalue weighted by molar-refractivity contribution is -0.247. The second-order valence-corrected chi connectivity index (χ2v) is 1.78. The van der Waals surface area contributed by atoms with E-state index in [1.165, 1.54) is 19.3 Å². The maximum absolute atomic E-state index is 8.29. The molecule has 3 heteroatoms. The summed E-state index contributed by atoms with van der Waals surface area (Å²) in [5, 5.41) is 21.3. The average molecular weight is 135 g/mol. The van der Waals surface area contributed by atoms with Crippen LogP contribution in [0.3, 0.4) is 0 Å². The van der Waals surface area contributed by atoms with Crippen LogP contribution in [0, 0.1) is 0 Å². The quantitative estimate of drug-likeness (QED) is 0.348. The Balaban J connectivity index is 0. The zero-order valence-electron chi connectivity index (χ0n) is 5.84. The second kappa shape index (κ2) is 15.7. The Labute approximate surface area is 55.9 Å². The molecule has 9 heavy (non-hydrogen) atoms. The highest BCUT2D eigenvalue weighted by molar-refractivity contribution is 4.35. The van der Waals surface area contributed by atoms with E-state index in [2.05, 4.69) is 6.92 Å². The Hall–Kier alpha value is -0.120. The van der Waals surface area contributed by atoms with Crippen molar-refractivity contribution < 1.29 is 15.6 Å². The maximum atomic E-state index is 8.29. The highest BCUT2D eigenvalue weighted by atomic mass is 17.0. The van der Waals surface area contributed by atoms with Crippen molar-refractivity contribution in [2.75, 3.05) is 6.61 Å². The smallest absolute Gasteiger partial charge is 0.0431 e. The highest BCUT2D eigenvalue weighted by Crippen LogP contribution is 1.95. The molecule has 0 aromatic rings. The third-order valence-electron chi connectivity index (χ3n) is 1.01. The van der Waals surface area contributed by atoms with Gasteiger partial charge in [-0.3, -0.25) is 0 Å². The molecule has 57 valence electrons. The van der Waals surface area contributed by atoms with Gasteiger partial charge < -0.3 is 5.11 Å². The zero-order valence-corrected chi connectivity index (χ0v) is 5.84. The van der Waals surface area contributed by atoms with Gasteiger partial charge in [0.1, 0.15) is 0 Å². The molecule has 0 rings (SSSR count). The van der Waals surface area contributed by atoms with E-state index in [9.17, 15) is 0 Å². The van der Waals surface area contributed by atoms with Gasteiger partial charge >= 0.3 is 0 Å². The minimum Gasteiger partial charge on any atom is -0.396 e. The molecule has 0 heterocycles. The molecular weight excluding hydrogens is 120 g/mol.